The van der Waals surface area contributed by atoms with Crippen LogP contribution in [0, 0.1) is 7.79 Å². The second-order valence-electron chi connectivity index (χ2n) is 7.60. The second-order valence-corrected chi connectivity index (χ2v) is 9.45. The molecule has 0 spiro atoms. The molecule has 0 saturated heterocycles. The third-order valence-electron chi connectivity index (χ3n) is 5.23. The van der Waals surface area contributed by atoms with Gasteiger partial charge < -0.3 is 13.3 Å². The molecular formula is C24H10F6I2N2O3. The first-order chi connectivity index (χ1) is 17.4. The largest absolute Gasteiger partial charge is 0.449 e. The van der Waals surface area contributed by atoms with Crippen molar-refractivity contribution in [1.29, 1.82) is 0 Å². The van der Waals surface area contributed by atoms with Crippen LogP contribution in [0.1, 0.15) is 11.1 Å². The molecule has 0 fully saturated rings. The molecule has 0 radical (unpaired) electrons. The lowest BCUT2D eigenvalue weighted by atomic mass is 10.1. The van der Waals surface area contributed by atoms with Crippen molar-refractivity contribution >= 4 is 45.2 Å². The summed E-state index contributed by atoms with van der Waals surface area (Å²) in [4.78, 5) is 8.56. The molecule has 0 bridgehead atoms. The highest BCUT2D eigenvalue weighted by Crippen LogP contribution is 2.40. The van der Waals surface area contributed by atoms with Crippen LogP contribution in [-0.4, -0.2) is 9.97 Å². The lowest BCUT2D eigenvalue weighted by molar-refractivity contribution is -0.138. The van der Waals surface area contributed by atoms with Crippen molar-refractivity contribution in [3.8, 4) is 45.6 Å². The van der Waals surface area contributed by atoms with Crippen LogP contribution in [0.3, 0.4) is 0 Å². The predicted molar refractivity (Wildman–Crippen MR) is 136 cm³/mol. The van der Waals surface area contributed by atoms with E-state index >= 15 is 0 Å². The summed E-state index contributed by atoms with van der Waals surface area (Å²) in [5, 5.41) is 0. The molecule has 0 aliphatic carbocycles. The minimum Gasteiger partial charge on any atom is -0.449 e. The van der Waals surface area contributed by atoms with Crippen molar-refractivity contribution in [2.24, 2.45) is 0 Å². The number of furan rings is 1. The van der Waals surface area contributed by atoms with Crippen LogP contribution < -0.4 is 0 Å². The molecular weight excluding hydrogens is 732 g/mol. The molecule has 3 aromatic heterocycles. The fourth-order valence-corrected chi connectivity index (χ4v) is 4.45. The summed E-state index contributed by atoms with van der Waals surface area (Å²) in [6.07, 6.45) is -8.95. The van der Waals surface area contributed by atoms with Gasteiger partial charge in [0.25, 0.3) is 7.79 Å². The maximum atomic E-state index is 12.9. The summed E-state index contributed by atoms with van der Waals surface area (Å²) >= 11 is 3.67. The van der Waals surface area contributed by atoms with E-state index in [-0.39, 0.29) is 42.2 Å². The van der Waals surface area contributed by atoms with E-state index in [4.69, 9.17) is 13.3 Å². The van der Waals surface area contributed by atoms with E-state index in [0.717, 1.165) is 24.3 Å². The predicted octanol–water partition coefficient (Wildman–Crippen LogP) is 9.17. The summed E-state index contributed by atoms with van der Waals surface area (Å²) in [7, 11) is 0. The second kappa shape index (κ2) is 9.49. The summed E-state index contributed by atoms with van der Waals surface area (Å²) < 4.78 is 95.4. The third-order valence-corrected chi connectivity index (χ3v) is 6.15. The van der Waals surface area contributed by atoms with Crippen LogP contribution in [0.2, 0.25) is 0 Å². The minimum atomic E-state index is -4.48. The van der Waals surface area contributed by atoms with Gasteiger partial charge in [-0.05, 0) is 36.4 Å². The number of aromatic nitrogens is 2. The van der Waals surface area contributed by atoms with Gasteiger partial charge in [-0.3, -0.25) is 0 Å². The Kier molecular flexibility index (Phi) is 6.62. The quantitative estimate of drug-likeness (QED) is 0.136. The van der Waals surface area contributed by atoms with Gasteiger partial charge in [0.05, 0.1) is 11.1 Å². The molecule has 190 valence electrons. The van der Waals surface area contributed by atoms with E-state index in [1.807, 2.05) is 45.2 Å². The van der Waals surface area contributed by atoms with Gasteiger partial charge in [0.1, 0.15) is 11.4 Å². The maximum Gasteiger partial charge on any atom is 0.416 e. The van der Waals surface area contributed by atoms with Crippen molar-refractivity contribution in [2.45, 2.75) is 12.4 Å². The van der Waals surface area contributed by atoms with E-state index in [9.17, 15) is 26.3 Å². The summed E-state index contributed by atoms with van der Waals surface area (Å²) in [5.41, 5.74) is -0.290. The zero-order valence-electron chi connectivity index (χ0n) is 17.9. The van der Waals surface area contributed by atoms with Crippen molar-refractivity contribution < 1.29 is 39.6 Å². The molecule has 5 nitrogen and oxygen atoms in total. The molecule has 13 heteroatoms. The molecule has 2 aromatic carbocycles. The zero-order chi connectivity index (χ0) is 26.5. The standard InChI is InChI=1S/C24H10F6I2N2O3/c25-23(26,27)13-5-1-11(2-6-13)17-19(36-21(31)33-17)15-9-10-16(35-15)20-18(34-22(32)37-20)12-3-7-14(8-4-12)24(28,29)30/h1-10H. The number of benzene rings is 2. The smallest absolute Gasteiger partial charge is 0.416 e. The lowest BCUT2D eigenvalue weighted by Gasteiger charge is -2.07. The van der Waals surface area contributed by atoms with Crippen LogP contribution >= 0.6 is 45.2 Å². The number of alkyl halides is 6. The minimum absolute atomic E-state index is 0.181. The van der Waals surface area contributed by atoms with Crippen molar-refractivity contribution in [3.63, 3.8) is 0 Å². The Morgan fingerprint density at radius 3 is 1.19 bits per heavy atom. The van der Waals surface area contributed by atoms with Crippen LogP contribution in [-0.2, 0) is 12.4 Å². The van der Waals surface area contributed by atoms with E-state index in [1.54, 1.807) is 12.1 Å². The van der Waals surface area contributed by atoms with Crippen LogP contribution in [0.25, 0.3) is 45.6 Å². The van der Waals surface area contributed by atoms with Gasteiger partial charge in [-0.15, -0.1) is 0 Å². The number of hydrogen-bond donors (Lipinski definition) is 0. The number of nitrogens with zero attached hydrogens (tertiary/aromatic N) is 2. The molecule has 3 heterocycles. The van der Waals surface area contributed by atoms with Gasteiger partial charge in [-0.2, -0.15) is 26.3 Å². The molecule has 0 aliphatic rings. The Bertz CT molecular complexity index is 1450. The average molecular weight is 742 g/mol. The van der Waals surface area contributed by atoms with E-state index in [2.05, 4.69) is 9.97 Å². The summed E-state index contributed by atoms with van der Waals surface area (Å²) in [6, 6.07) is 12.0. The van der Waals surface area contributed by atoms with E-state index in [1.165, 1.54) is 24.3 Å². The molecule has 5 rings (SSSR count). The molecule has 0 unspecified atom stereocenters. The fraction of sp³-hybridized carbons (Fsp3) is 0.0833. The van der Waals surface area contributed by atoms with Gasteiger partial charge in [0, 0.05) is 56.3 Å². The summed E-state index contributed by atoms with van der Waals surface area (Å²) in [6.45, 7) is 0. The Labute approximate surface area is 231 Å². The number of halogens is 8. The van der Waals surface area contributed by atoms with Gasteiger partial charge in [0.2, 0.25) is 0 Å². The first kappa shape index (κ1) is 25.8. The van der Waals surface area contributed by atoms with Gasteiger partial charge in [0.15, 0.2) is 23.0 Å². The van der Waals surface area contributed by atoms with Gasteiger partial charge in [-0.25, -0.2) is 9.97 Å². The Hall–Kier alpha value is -2.82. The highest BCUT2D eigenvalue weighted by molar-refractivity contribution is 14.1. The molecule has 0 aliphatic heterocycles. The first-order valence-corrected chi connectivity index (χ1v) is 12.3. The molecule has 37 heavy (non-hydrogen) atoms. The third kappa shape index (κ3) is 5.28. The molecule has 0 amide bonds. The average Bonchev–Trinajstić information content (AvgIpc) is 3.56. The van der Waals surface area contributed by atoms with Crippen LogP contribution in [0.5, 0.6) is 0 Å². The first-order valence-electron chi connectivity index (χ1n) is 10.2. The van der Waals surface area contributed by atoms with E-state index in [0.29, 0.717) is 11.1 Å². The topological polar surface area (TPSA) is 65.2 Å². The van der Waals surface area contributed by atoms with E-state index < -0.39 is 23.5 Å². The van der Waals surface area contributed by atoms with Gasteiger partial charge in [-0.1, -0.05) is 24.3 Å². The Balaban J connectivity index is 1.51. The zero-order valence-corrected chi connectivity index (χ0v) is 22.2. The molecule has 0 N–H and O–H groups in total. The SMILES string of the molecule is FC(F)(F)c1ccc(-c2nc(I)oc2-c2ccc(-c3oc(I)nc3-c3ccc(C(F)(F)F)cc3)o2)cc1. The van der Waals surface area contributed by atoms with Crippen LogP contribution in [0.15, 0.2) is 73.9 Å². The molecule has 5 aromatic rings. The molecule has 0 saturated carbocycles. The highest BCUT2D eigenvalue weighted by atomic mass is 127. The number of hydrogen-bond acceptors (Lipinski definition) is 5. The normalized spacial score (nSPS) is 12.3. The van der Waals surface area contributed by atoms with Crippen molar-refractivity contribution in [1.82, 2.24) is 9.97 Å². The number of rotatable bonds is 4. The highest BCUT2D eigenvalue weighted by Gasteiger charge is 2.31. The fourth-order valence-electron chi connectivity index (χ4n) is 3.53. The lowest BCUT2D eigenvalue weighted by Crippen LogP contribution is -2.04. The number of oxazole rings is 2. The Morgan fingerprint density at radius 2 is 0.865 bits per heavy atom. The monoisotopic (exact) mass is 742 g/mol. The van der Waals surface area contributed by atoms with Crippen LogP contribution in [0.4, 0.5) is 26.3 Å². The van der Waals surface area contributed by atoms with Crippen molar-refractivity contribution in [3.05, 3.63) is 79.6 Å². The van der Waals surface area contributed by atoms with Gasteiger partial charge >= 0.3 is 12.4 Å². The summed E-state index contributed by atoms with van der Waals surface area (Å²) in [5.74, 6) is 0.789. The maximum absolute atomic E-state index is 12.9. The van der Waals surface area contributed by atoms with Crippen molar-refractivity contribution in [2.75, 3.05) is 0 Å². The Morgan fingerprint density at radius 1 is 0.514 bits per heavy atom. The molecule has 0 atom stereocenters.